The van der Waals surface area contributed by atoms with Gasteiger partial charge in [0.25, 0.3) is 5.91 Å². The molecule has 4 nitrogen and oxygen atoms in total. The Morgan fingerprint density at radius 2 is 2.00 bits per heavy atom. The maximum absolute atomic E-state index is 12.9. The zero-order valence-electron chi connectivity index (χ0n) is 15.9. The van der Waals surface area contributed by atoms with Gasteiger partial charge in [-0.2, -0.15) is 0 Å². The molecule has 2 amide bonds. The summed E-state index contributed by atoms with van der Waals surface area (Å²) in [6.45, 7) is 6.69. The SMILES string of the molecule is CCCC[C@@H](CC)C(=O)N1CCC2(CC1)SCCN2C(=O)c1cccs1. The lowest BCUT2D eigenvalue weighted by atomic mass is 9.95. The number of amides is 2. The lowest BCUT2D eigenvalue weighted by molar-refractivity contribution is -0.137. The van der Waals surface area contributed by atoms with Gasteiger partial charge in [0, 0.05) is 31.3 Å². The Hall–Kier alpha value is -1.01. The van der Waals surface area contributed by atoms with E-state index in [-0.39, 0.29) is 16.7 Å². The summed E-state index contributed by atoms with van der Waals surface area (Å²) in [4.78, 5) is 30.7. The molecule has 0 aromatic carbocycles. The van der Waals surface area contributed by atoms with Gasteiger partial charge in [0.2, 0.25) is 5.91 Å². The van der Waals surface area contributed by atoms with E-state index >= 15 is 0 Å². The van der Waals surface area contributed by atoms with E-state index in [0.717, 1.165) is 68.8 Å². The highest BCUT2D eigenvalue weighted by Crippen LogP contribution is 2.45. The molecule has 1 spiro atoms. The van der Waals surface area contributed by atoms with Gasteiger partial charge in [-0.25, -0.2) is 0 Å². The molecule has 0 saturated carbocycles. The lowest BCUT2D eigenvalue weighted by Crippen LogP contribution is -2.54. The molecule has 26 heavy (non-hydrogen) atoms. The molecule has 6 heteroatoms. The minimum absolute atomic E-state index is 0.108. The Morgan fingerprint density at radius 1 is 1.23 bits per heavy atom. The number of hydrogen-bond acceptors (Lipinski definition) is 4. The van der Waals surface area contributed by atoms with Crippen LogP contribution in [0.1, 0.15) is 62.0 Å². The second-order valence-electron chi connectivity index (χ2n) is 7.30. The molecule has 0 unspecified atom stereocenters. The van der Waals surface area contributed by atoms with Gasteiger partial charge in [0.05, 0.1) is 9.75 Å². The molecule has 0 radical (unpaired) electrons. The summed E-state index contributed by atoms with van der Waals surface area (Å²) in [5, 5.41) is 1.96. The van der Waals surface area contributed by atoms with Crippen molar-refractivity contribution in [2.24, 2.45) is 5.92 Å². The van der Waals surface area contributed by atoms with Crippen LogP contribution in [0.5, 0.6) is 0 Å². The highest BCUT2D eigenvalue weighted by Gasteiger charge is 2.47. The Balaban J connectivity index is 1.63. The van der Waals surface area contributed by atoms with Crippen LogP contribution in [0.25, 0.3) is 0 Å². The normalized spacial score (nSPS) is 20.5. The molecule has 2 aliphatic rings. The van der Waals surface area contributed by atoms with Gasteiger partial charge in [-0.3, -0.25) is 9.59 Å². The fourth-order valence-electron chi connectivity index (χ4n) is 4.13. The molecule has 2 aliphatic heterocycles. The molecule has 0 bridgehead atoms. The van der Waals surface area contributed by atoms with Crippen molar-refractivity contribution in [2.45, 2.75) is 57.2 Å². The molecule has 0 aliphatic carbocycles. The molecule has 1 aromatic heterocycles. The summed E-state index contributed by atoms with van der Waals surface area (Å²) in [6, 6.07) is 3.86. The standard InChI is InChI=1S/C20H30N2O2S2/c1-3-5-7-16(4-2)18(23)21-11-9-20(10-12-21)22(13-15-26-20)19(24)17-8-6-14-25-17/h6,8,14,16H,3-5,7,9-13,15H2,1-2H3/t16-/m1/s1. The van der Waals surface area contributed by atoms with Crippen molar-refractivity contribution in [1.82, 2.24) is 9.80 Å². The van der Waals surface area contributed by atoms with Gasteiger partial charge in [0.15, 0.2) is 0 Å². The molecule has 3 heterocycles. The van der Waals surface area contributed by atoms with Gasteiger partial charge in [0.1, 0.15) is 0 Å². The number of piperidine rings is 1. The summed E-state index contributed by atoms with van der Waals surface area (Å²) in [5.41, 5.74) is 0. The number of rotatable bonds is 6. The summed E-state index contributed by atoms with van der Waals surface area (Å²) < 4.78 is 0. The average molecular weight is 395 g/mol. The molecule has 144 valence electrons. The Labute approximate surface area is 165 Å². The lowest BCUT2D eigenvalue weighted by Gasteiger charge is -2.44. The minimum Gasteiger partial charge on any atom is -0.342 e. The average Bonchev–Trinajstić information content (AvgIpc) is 3.33. The van der Waals surface area contributed by atoms with Crippen molar-refractivity contribution in [3.63, 3.8) is 0 Å². The third-order valence-electron chi connectivity index (χ3n) is 5.76. The number of likely N-dealkylation sites (tertiary alicyclic amines) is 1. The molecule has 0 N–H and O–H groups in total. The van der Waals surface area contributed by atoms with Crippen LogP contribution in [0.15, 0.2) is 17.5 Å². The van der Waals surface area contributed by atoms with Crippen LogP contribution >= 0.6 is 23.1 Å². The third kappa shape index (κ3) is 3.96. The minimum atomic E-state index is -0.108. The number of carbonyl (C=O) groups is 2. The smallest absolute Gasteiger partial charge is 0.265 e. The first-order valence-corrected chi connectivity index (χ1v) is 11.8. The second kappa shape index (κ2) is 8.79. The first-order valence-electron chi connectivity index (χ1n) is 9.89. The number of carbonyl (C=O) groups excluding carboxylic acids is 2. The van der Waals surface area contributed by atoms with E-state index < -0.39 is 0 Å². The van der Waals surface area contributed by atoms with Gasteiger partial charge >= 0.3 is 0 Å². The predicted molar refractivity (Wildman–Crippen MR) is 110 cm³/mol. The van der Waals surface area contributed by atoms with Crippen LogP contribution in [0.2, 0.25) is 0 Å². The van der Waals surface area contributed by atoms with Crippen LogP contribution in [-0.4, -0.2) is 51.9 Å². The van der Waals surface area contributed by atoms with Crippen molar-refractivity contribution in [2.75, 3.05) is 25.4 Å². The van der Waals surface area contributed by atoms with E-state index in [0.29, 0.717) is 5.91 Å². The van der Waals surface area contributed by atoms with Crippen molar-refractivity contribution in [1.29, 1.82) is 0 Å². The van der Waals surface area contributed by atoms with Crippen molar-refractivity contribution in [3.8, 4) is 0 Å². The van der Waals surface area contributed by atoms with Crippen LogP contribution in [0, 0.1) is 5.92 Å². The van der Waals surface area contributed by atoms with Gasteiger partial charge in [-0.05, 0) is 37.1 Å². The summed E-state index contributed by atoms with van der Waals surface area (Å²) in [5.74, 6) is 1.66. The van der Waals surface area contributed by atoms with Gasteiger partial charge < -0.3 is 9.80 Å². The van der Waals surface area contributed by atoms with E-state index in [9.17, 15) is 9.59 Å². The van der Waals surface area contributed by atoms with E-state index in [2.05, 4.69) is 23.6 Å². The highest BCUT2D eigenvalue weighted by atomic mass is 32.2. The fraction of sp³-hybridized carbons (Fsp3) is 0.700. The molecule has 1 aromatic rings. The fourth-order valence-corrected chi connectivity index (χ4v) is 6.26. The highest BCUT2D eigenvalue weighted by molar-refractivity contribution is 8.00. The number of unbranched alkanes of at least 4 members (excludes halogenated alkanes) is 1. The predicted octanol–water partition coefficient (Wildman–Crippen LogP) is 4.47. The first-order chi connectivity index (χ1) is 12.6. The van der Waals surface area contributed by atoms with E-state index in [1.807, 2.05) is 29.3 Å². The molecule has 1 atom stereocenters. The maximum atomic E-state index is 12.9. The summed E-state index contributed by atoms with van der Waals surface area (Å²) >= 11 is 3.43. The van der Waals surface area contributed by atoms with Crippen molar-refractivity contribution >= 4 is 34.9 Å². The van der Waals surface area contributed by atoms with Crippen molar-refractivity contribution in [3.05, 3.63) is 22.4 Å². The Morgan fingerprint density at radius 3 is 2.62 bits per heavy atom. The van der Waals surface area contributed by atoms with E-state index in [1.54, 1.807) is 0 Å². The van der Waals surface area contributed by atoms with E-state index in [4.69, 9.17) is 0 Å². The zero-order valence-corrected chi connectivity index (χ0v) is 17.5. The summed E-state index contributed by atoms with van der Waals surface area (Å²) in [6.07, 6.45) is 5.99. The molecular weight excluding hydrogens is 364 g/mol. The van der Waals surface area contributed by atoms with Crippen molar-refractivity contribution < 1.29 is 9.59 Å². The van der Waals surface area contributed by atoms with Crippen LogP contribution in [0.4, 0.5) is 0 Å². The van der Waals surface area contributed by atoms with Crippen LogP contribution < -0.4 is 0 Å². The van der Waals surface area contributed by atoms with E-state index in [1.165, 1.54) is 11.3 Å². The maximum Gasteiger partial charge on any atom is 0.265 e. The Kier molecular flexibility index (Phi) is 6.67. The van der Waals surface area contributed by atoms with Gasteiger partial charge in [-0.1, -0.05) is 32.8 Å². The van der Waals surface area contributed by atoms with Crippen LogP contribution in [-0.2, 0) is 4.79 Å². The number of thioether (sulfide) groups is 1. The molecule has 3 rings (SSSR count). The monoisotopic (exact) mass is 394 g/mol. The first kappa shape index (κ1) is 19.7. The number of hydrogen-bond donors (Lipinski definition) is 0. The largest absolute Gasteiger partial charge is 0.342 e. The molecule has 2 saturated heterocycles. The number of nitrogens with zero attached hydrogens (tertiary/aromatic N) is 2. The zero-order chi connectivity index (χ0) is 18.6. The van der Waals surface area contributed by atoms with Gasteiger partial charge in [-0.15, -0.1) is 23.1 Å². The second-order valence-corrected chi connectivity index (χ2v) is 9.71. The quantitative estimate of drug-likeness (QED) is 0.715. The summed E-state index contributed by atoms with van der Waals surface area (Å²) in [7, 11) is 0. The topological polar surface area (TPSA) is 40.6 Å². The number of thiophene rings is 1. The Bertz CT molecular complexity index is 609. The molecule has 2 fully saturated rings. The van der Waals surface area contributed by atoms with Crippen LogP contribution in [0.3, 0.4) is 0 Å². The molecular formula is C20H30N2O2S2. The third-order valence-corrected chi connectivity index (χ3v) is 8.17.